The summed E-state index contributed by atoms with van der Waals surface area (Å²) in [5.41, 5.74) is 0. The molecule has 1 rings (SSSR count). The fourth-order valence-corrected chi connectivity index (χ4v) is 1.99. The Bertz CT molecular complexity index is 285. The molecule has 1 atom stereocenters. The average Bonchev–Trinajstić information content (AvgIpc) is 2.62. The maximum Gasteiger partial charge on any atom is 0.383 e. The van der Waals surface area contributed by atoms with Crippen molar-refractivity contribution in [2.24, 2.45) is 5.92 Å². The highest BCUT2D eigenvalue weighted by Gasteiger charge is 2.50. The lowest BCUT2D eigenvalue weighted by Gasteiger charge is -2.25. The summed E-state index contributed by atoms with van der Waals surface area (Å²) >= 11 is 0. The fraction of sp³-hybridized carbons (Fsp3) is 0.900. The zero-order chi connectivity index (χ0) is 13.2. The molecule has 1 fully saturated rings. The van der Waals surface area contributed by atoms with E-state index in [-0.39, 0.29) is 12.5 Å². The van der Waals surface area contributed by atoms with Crippen LogP contribution in [0.1, 0.15) is 6.42 Å². The van der Waals surface area contributed by atoms with Crippen molar-refractivity contribution in [1.82, 2.24) is 9.80 Å². The second-order valence-electron chi connectivity index (χ2n) is 4.53. The van der Waals surface area contributed by atoms with Gasteiger partial charge in [-0.15, -0.1) is 0 Å². The lowest BCUT2D eigenvalue weighted by molar-refractivity contribution is -0.179. The molecule has 0 spiro atoms. The highest BCUT2D eigenvalue weighted by molar-refractivity contribution is 5.83. The van der Waals surface area contributed by atoms with Crippen LogP contribution in [0.5, 0.6) is 0 Å². The summed E-state index contributed by atoms with van der Waals surface area (Å²) in [6, 6.07) is 0. The van der Waals surface area contributed by atoms with Crippen molar-refractivity contribution in [2.75, 3.05) is 33.7 Å². The van der Waals surface area contributed by atoms with E-state index in [9.17, 15) is 22.4 Å². The molecule has 3 nitrogen and oxygen atoms in total. The lowest BCUT2D eigenvalue weighted by Crippen LogP contribution is -2.47. The van der Waals surface area contributed by atoms with Gasteiger partial charge in [0.1, 0.15) is 0 Å². The molecule has 0 aromatic carbocycles. The van der Waals surface area contributed by atoms with E-state index in [0.29, 0.717) is 11.4 Å². The highest BCUT2D eigenvalue weighted by Crippen LogP contribution is 2.26. The molecular formula is C10H16F4N2O. The van der Waals surface area contributed by atoms with Gasteiger partial charge in [-0.05, 0) is 25.9 Å². The van der Waals surface area contributed by atoms with E-state index in [2.05, 4.69) is 0 Å². The molecular weight excluding hydrogens is 240 g/mol. The SMILES string of the molecule is CN1CCC(CN(C)C(=O)C(F)(F)C(F)F)C1. The third-order valence-electron chi connectivity index (χ3n) is 2.93. The number of carbonyl (C=O) groups excluding carboxylic acids is 1. The molecule has 1 unspecified atom stereocenters. The van der Waals surface area contributed by atoms with Gasteiger partial charge in [0.2, 0.25) is 0 Å². The van der Waals surface area contributed by atoms with Crippen molar-refractivity contribution in [2.45, 2.75) is 18.8 Å². The molecule has 0 aliphatic carbocycles. The molecule has 1 heterocycles. The molecule has 1 aliphatic heterocycles. The van der Waals surface area contributed by atoms with Crippen LogP contribution in [0.2, 0.25) is 0 Å². The van der Waals surface area contributed by atoms with Crippen LogP contribution in [0.15, 0.2) is 0 Å². The number of nitrogens with zero attached hydrogens (tertiary/aromatic N) is 2. The molecule has 1 amide bonds. The summed E-state index contributed by atoms with van der Waals surface area (Å²) in [6.45, 7) is 1.61. The van der Waals surface area contributed by atoms with Crippen molar-refractivity contribution in [1.29, 1.82) is 0 Å². The molecule has 17 heavy (non-hydrogen) atoms. The molecule has 1 saturated heterocycles. The van der Waals surface area contributed by atoms with Crippen LogP contribution in [0.3, 0.4) is 0 Å². The predicted octanol–water partition coefficient (Wildman–Crippen LogP) is 1.30. The minimum Gasteiger partial charge on any atom is -0.340 e. The van der Waals surface area contributed by atoms with Crippen molar-refractivity contribution < 1.29 is 22.4 Å². The number of hydrogen-bond donors (Lipinski definition) is 0. The summed E-state index contributed by atoms with van der Waals surface area (Å²) in [5.74, 6) is -6.32. The Morgan fingerprint density at radius 3 is 2.53 bits per heavy atom. The van der Waals surface area contributed by atoms with Crippen LogP contribution in [-0.4, -0.2) is 61.8 Å². The fourth-order valence-electron chi connectivity index (χ4n) is 1.99. The van der Waals surface area contributed by atoms with Gasteiger partial charge >= 0.3 is 12.3 Å². The quantitative estimate of drug-likeness (QED) is 0.708. The Balaban J connectivity index is 2.53. The number of rotatable bonds is 4. The molecule has 7 heteroatoms. The van der Waals surface area contributed by atoms with E-state index in [1.54, 1.807) is 0 Å². The Morgan fingerprint density at radius 2 is 2.12 bits per heavy atom. The average molecular weight is 256 g/mol. The first-order valence-corrected chi connectivity index (χ1v) is 5.35. The highest BCUT2D eigenvalue weighted by atomic mass is 19.3. The summed E-state index contributed by atoms with van der Waals surface area (Å²) in [7, 11) is 3.02. The largest absolute Gasteiger partial charge is 0.383 e. The summed E-state index contributed by atoms with van der Waals surface area (Å²) in [4.78, 5) is 13.9. The summed E-state index contributed by atoms with van der Waals surface area (Å²) in [6.07, 6.45) is -3.17. The number of carbonyl (C=O) groups is 1. The van der Waals surface area contributed by atoms with Gasteiger partial charge in [-0.1, -0.05) is 0 Å². The molecule has 100 valence electrons. The smallest absolute Gasteiger partial charge is 0.340 e. The standard InChI is InChI=1S/C10H16F4N2O/c1-15-4-3-7(5-15)6-16(2)9(17)10(13,14)8(11)12/h7-8H,3-6H2,1-2H3. The molecule has 0 saturated carbocycles. The van der Waals surface area contributed by atoms with E-state index in [0.717, 1.165) is 20.0 Å². The van der Waals surface area contributed by atoms with Crippen molar-refractivity contribution in [3.63, 3.8) is 0 Å². The number of amides is 1. The van der Waals surface area contributed by atoms with Crippen molar-refractivity contribution >= 4 is 5.91 Å². The first-order valence-electron chi connectivity index (χ1n) is 5.35. The van der Waals surface area contributed by atoms with Gasteiger partial charge in [0.25, 0.3) is 5.91 Å². The van der Waals surface area contributed by atoms with E-state index >= 15 is 0 Å². The molecule has 1 aliphatic rings. The Hall–Kier alpha value is -0.850. The van der Waals surface area contributed by atoms with Gasteiger partial charge in [-0.25, -0.2) is 8.78 Å². The second-order valence-corrected chi connectivity index (χ2v) is 4.53. The van der Waals surface area contributed by atoms with Gasteiger partial charge in [0.05, 0.1) is 0 Å². The Kier molecular flexibility index (Phi) is 4.35. The van der Waals surface area contributed by atoms with E-state index in [4.69, 9.17) is 0 Å². The van der Waals surface area contributed by atoms with Gasteiger partial charge in [0.15, 0.2) is 0 Å². The Morgan fingerprint density at radius 1 is 1.53 bits per heavy atom. The second kappa shape index (κ2) is 5.20. The molecule has 0 aromatic heterocycles. The number of likely N-dealkylation sites (tertiary alicyclic amines) is 1. The summed E-state index contributed by atoms with van der Waals surface area (Å²) < 4.78 is 49.6. The normalized spacial score (nSPS) is 22.2. The van der Waals surface area contributed by atoms with E-state index in [1.807, 2.05) is 11.9 Å². The van der Waals surface area contributed by atoms with Crippen molar-refractivity contribution in [3.8, 4) is 0 Å². The first kappa shape index (κ1) is 14.2. The first-order chi connectivity index (χ1) is 7.75. The Labute approximate surface area is 97.4 Å². The maximum absolute atomic E-state index is 12.8. The van der Waals surface area contributed by atoms with E-state index < -0.39 is 18.3 Å². The van der Waals surface area contributed by atoms with Crippen LogP contribution >= 0.6 is 0 Å². The molecule has 0 bridgehead atoms. The van der Waals surface area contributed by atoms with Crippen LogP contribution in [0, 0.1) is 5.92 Å². The minimum atomic E-state index is -4.58. The number of hydrogen-bond acceptors (Lipinski definition) is 2. The van der Waals surface area contributed by atoms with Crippen LogP contribution in [-0.2, 0) is 4.79 Å². The maximum atomic E-state index is 12.8. The van der Waals surface area contributed by atoms with Gasteiger partial charge < -0.3 is 9.80 Å². The molecule has 0 N–H and O–H groups in total. The molecule has 0 radical (unpaired) electrons. The van der Waals surface area contributed by atoms with Gasteiger partial charge in [0, 0.05) is 20.1 Å². The number of alkyl halides is 4. The zero-order valence-corrected chi connectivity index (χ0v) is 9.80. The van der Waals surface area contributed by atoms with Crippen LogP contribution in [0.4, 0.5) is 17.6 Å². The zero-order valence-electron chi connectivity index (χ0n) is 9.80. The monoisotopic (exact) mass is 256 g/mol. The summed E-state index contributed by atoms with van der Waals surface area (Å²) in [5, 5.41) is 0. The molecule has 0 aromatic rings. The number of halogens is 4. The van der Waals surface area contributed by atoms with Gasteiger partial charge in [-0.2, -0.15) is 8.78 Å². The lowest BCUT2D eigenvalue weighted by atomic mass is 10.1. The van der Waals surface area contributed by atoms with E-state index in [1.165, 1.54) is 0 Å². The topological polar surface area (TPSA) is 23.6 Å². The third-order valence-corrected chi connectivity index (χ3v) is 2.93. The van der Waals surface area contributed by atoms with Gasteiger partial charge in [-0.3, -0.25) is 4.79 Å². The van der Waals surface area contributed by atoms with Crippen LogP contribution < -0.4 is 0 Å². The third kappa shape index (κ3) is 3.31. The predicted molar refractivity (Wildman–Crippen MR) is 54.2 cm³/mol. The van der Waals surface area contributed by atoms with Crippen molar-refractivity contribution in [3.05, 3.63) is 0 Å². The van der Waals surface area contributed by atoms with Crippen LogP contribution in [0.25, 0.3) is 0 Å². The minimum absolute atomic E-state index is 0.0717.